The Bertz CT molecular complexity index is 1260. The fraction of sp³-hybridized carbons (Fsp3) is 0. The van der Waals surface area contributed by atoms with Crippen LogP contribution in [0.1, 0.15) is 0 Å². The van der Waals surface area contributed by atoms with E-state index in [1.807, 2.05) is 0 Å². The maximum absolute atomic E-state index is 9.35. The van der Waals surface area contributed by atoms with Gasteiger partial charge in [-0.05, 0) is 6.07 Å². The molecular weight excluding hydrogens is 312 g/mol. The Kier molecular flexibility index (Phi) is 2.76. The minimum absolute atomic E-state index is 0.0493. The molecule has 0 saturated carbocycles. The van der Waals surface area contributed by atoms with Crippen LogP contribution in [-0.4, -0.2) is 28.3 Å². The molecule has 2 aliphatic rings. The lowest BCUT2D eigenvalue weighted by atomic mass is 10.0. The van der Waals surface area contributed by atoms with Gasteiger partial charge in [0.15, 0.2) is 0 Å². The predicted molar refractivity (Wildman–Crippen MR) is 72.2 cm³/mol. The summed E-state index contributed by atoms with van der Waals surface area (Å²) >= 11 is 0. The molecule has 0 amide bonds. The number of hydrogen-bond donors (Lipinski definition) is 0. The fourth-order valence-corrected chi connectivity index (χ4v) is 2.42. The van der Waals surface area contributed by atoms with Crippen molar-refractivity contribution in [1.29, 1.82) is 31.6 Å². The zero-order chi connectivity index (χ0) is 17.4. The Labute approximate surface area is 132 Å². The van der Waals surface area contributed by atoms with Crippen molar-refractivity contribution in [1.82, 2.24) is 28.3 Å². The second-order valence-corrected chi connectivity index (χ2v) is 4.23. The maximum atomic E-state index is 9.35. The van der Waals surface area contributed by atoms with Crippen LogP contribution in [0.15, 0.2) is 12.3 Å². The molecule has 1 aliphatic heterocycles. The van der Waals surface area contributed by atoms with E-state index in [-0.39, 0.29) is 16.7 Å². The Balaban J connectivity index is 2.74. The predicted octanol–water partition coefficient (Wildman–Crippen LogP) is -0.147. The van der Waals surface area contributed by atoms with E-state index in [1.54, 1.807) is 37.2 Å². The Hall–Kier alpha value is -5.04. The van der Waals surface area contributed by atoms with Gasteiger partial charge >= 0.3 is 0 Å². The Morgan fingerprint density at radius 1 is 0.625 bits per heavy atom. The van der Waals surface area contributed by atoms with Crippen LogP contribution in [0.4, 0.5) is 0 Å². The molecule has 2 heterocycles. The smallest absolute Gasteiger partial charge is 0.181 e. The molecule has 0 atom stereocenters. The summed E-state index contributed by atoms with van der Waals surface area (Å²) < 4.78 is 3.39. The molecule has 1 aliphatic carbocycles. The minimum Gasteiger partial charge on any atom is -0.181 e. The molecule has 0 bridgehead atoms. The van der Waals surface area contributed by atoms with Gasteiger partial charge in [-0.15, -0.1) is 0 Å². The molecule has 0 radical (unpaired) electrons. The second kappa shape index (κ2) is 4.76. The van der Waals surface area contributed by atoms with Crippen molar-refractivity contribution < 1.29 is 0 Å². The number of hydrogen-bond acceptors (Lipinski definition) is 6. The van der Waals surface area contributed by atoms with E-state index in [9.17, 15) is 26.3 Å². The van der Waals surface area contributed by atoms with Gasteiger partial charge in [0.05, 0.1) is 0 Å². The van der Waals surface area contributed by atoms with Gasteiger partial charge in [-0.3, -0.25) is 0 Å². The van der Waals surface area contributed by atoms with Gasteiger partial charge < -0.3 is 0 Å². The number of nitrogens with zero attached hydrogens (tertiary/aromatic N) is 12. The van der Waals surface area contributed by atoms with Gasteiger partial charge in [0.1, 0.15) is 16.7 Å². The van der Waals surface area contributed by atoms with Crippen LogP contribution >= 0.6 is 0 Å². The maximum Gasteiger partial charge on any atom is 0.225 e. The highest BCUT2D eigenvalue weighted by Gasteiger charge is 2.30. The van der Waals surface area contributed by atoms with Crippen LogP contribution in [0, 0.1) is 68.7 Å². The summed E-state index contributed by atoms with van der Waals surface area (Å²) in [5, 5.41) is 55.4. The van der Waals surface area contributed by atoms with Crippen LogP contribution in [0.5, 0.6) is 0 Å². The molecule has 1 aromatic rings. The van der Waals surface area contributed by atoms with E-state index in [2.05, 4.69) is 0 Å². The molecule has 0 spiro atoms. The van der Waals surface area contributed by atoms with Crippen molar-refractivity contribution in [3.8, 4) is 48.4 Å². The van der Waals surface area contributed by atoms with Gasteiger partial charge in [-0.2, -0.15) is 50.3 Å². The molecule has 0 fully saturated rings. The summed E-state index contributed by atoms with van der Waals surface area (Å²) in [6.45, 7) is 0. The van der Waals surface area contributed by atoms with Crippen molar-refractivity contribution in [3.05, 3.63) is 12.3 Å². The van der Waals surface area contributed by atoms with Crippen molar-refractivity contribution in [2.24, 2.45) is 0 Å². The molecule has 0 saturated heterocycles. The highest BCUT2D eigenvalue weighted by molar-refractivity contribution is 6.09. The molecule has 0 aromatic carbocycles. The van der Waals surface area contributed by atoms with E-state index in [0.29, 0.717) is 15.2 Å². The Morgan fingerprint density at radius 2 is 1.17 bits per heavy atom. The highest BCUT2D eigenvalue weighted by atomic mass is 15.7. The zero-order valence-corrected chi connectivity index (χ0v) is 11.5. The topological polar surface area (TPSA) is 172 Å². The normalized spacial score (nSPS) is 9.42. The SMILES string of the molecule is N#Cn1ccc2c3c(c-2n1C#N)n(C#N)n(C#N)n(C#N)n3C#N. The third-order valence-corrected chi connectivity index (χ3v) is 3.32. The van der Waals surface area contributed by atoms with Gasteiger partial charge in [0.25, 0.3) is 0 Å². The molecular formula is C12H2N12. The molecule has 12 heteroatoms. The van der Waals surface area contributed by atoms with Gasteiger partial charge in [-0.25, -0.2) is 0 Å². The zero-order valence-electron chi connectivity index (χ0n) is 11.5. The third-order valence-electron chi connectivity index (χ3n) is 3.32. The van der Waals surface area contributed by atoms with E-state index < -0.39 is 0 Å². The standard InChI is InChI=1S/C12H2N12/c13-3-19-2-1-9-10(20(19)4-14)12-11(9)21(5-15)23(7-17)24(8-18)22(12)6-16/h1-2H. The molecule has 24 heavy (non-hydrogen) atoms. The molecule has 3 rings (SSSR count). The van der Waals surface area contributed by atoms with Crippen molar-refractivity contribution in [2.75, 3.05) is 0 Å². The Morgan fingerprint density at radius 3 is 1.62 bits per heavy atom. The largest absolute Gasteiger partial charge is 0.225 e. The molecule has 0 N–H and O–H groups in total. The van der Waals surface area contributed by atoms with E-state index in [0.717, 1.165) is 18.7 Å². The summed E-state index contributed by atoms with van der Waals surface area (Å²) in [7, 11) is 0. The number of fused-ring (bicyclic) bond motifs is 4. The average Bonchev–Trinajstić information content (AvgIpc) is 2.62. The van der Waals surface area contributed by atoms with Crippen LogP contribution in [0.2, 0.25) is 0 Å². The number of rotatable bonds is 0. The first-order chi connectivity index (χ1) is 11.7. The van der Waals surface area contributed by atoms with Crippen LogP contribution in [0.25, 0.3) is 22.3 Å². The lowest BCUT2D eigenvalue weighted by molar-refractivity contribution is 0.487. The van der Waals surface area contributed by atoms with Gasteiger partial charge in [0, 0.05) is 11.8 Å². The van der Waals surface area contributed by atoms with Gasteiger partial charge in [-0.1, -0.05) is 9.59 Å². The van der Waals surface area contributed by atoms with E-state index in [4.69, 9.17) is 5.26 Å². The molecule has 0 unspecified atom stereocenters. The number of aromatic nitrogens is 6. The number of nitriles is 6. The summed E-state index contributed by atoms with van der Waals surface area (Å²) in [5.74, 6) is 0. The first-order valence-electron chi connectivity index (χ1n) is 6.03. The van der Waals surface area contributed by atoms with Crippen molar-refractivity contribution >= 4 is 11.0 Å². The monoisotopic (exact) mass is 314 g/mol. The van der Waals surface area contributed by atoms with Crippen LogP contribution < -0.4 is 0 Å². The van der Waals surface area contributed by atoms with Gasteiger partial charge in [0.2, 0.25) is 37.2 Å². The van der Waals surface area contributed by atoms with Crippen LogP contribution in [0.3, 0.4) is 0 Å². The molecule has 110 valence electrons. The molecule has 1 aromatic heterocycles. The fourth-order valence-electron chi connectivity index (χ4n) is 2.42. The summed E-state index contributed by atoms with van der Waals surface area (Å²) in [5.41, 5.74) is 0.748. The lowest BCUT2D eigenvalue weighted by Crippen LogP contribution is -2.31. The summed E-state index contributed by atoms with van der Waals surface area (Å²) in [6, 6.07) is 1.46. The van der Waals surface area contributed by atoms with Crippen molar-refractivity contribution in [2.45, 2.75) is 0 Å². The second-order valence-electron chi connectivity index (χ2n) is 4.23. The lowest BCUT2D eigenvalue weighted by Gasteiger charge is -2.25. The van der Waals surface area contributed by atoms with Crippen LogP contribution in [-0.2, 0) is 0 Å². The third kappa shape index (κ3) is 1.38. The van der Waals surface area contributed by atoms with E-state index in [1.165, 1.54) is 12.3 Å². The molecule has 12 nitrogen and oxygen atoms in total. The first-order valence-corrected chi connectivity index (χ1v) is 6.03. The average molecular weight is 314 g/mol. The minimum atomic E-state index is 0.0493. The quantitative estimate of drug-likeness (QED) is 0.557. The first kappa shape index (κ1) is 13.9. The van der Waals surface area contributed by atoms with E-state index >= 15 is 0 Å². The highest BCUT2D eigenvalue weighted by Crippen LogP contribution is 2.39. The summed E-state index contributed by atoms with van der Waals surface area (Å²) in [4.78, 5) is 1.14. The summed E-state index contributed by atoms with van der Waals surface area (Å²) in [6.07, 6.45) is 11.5. The van der Waals surface area contributed by atoms with Crippen molar-refractivity contribution in [3.63, 3.8) is 0 Å².